The first-order chi connectivity index (χ1) is 7.13. The molecule has 5 heteroatoms. The fourth-order valence-corrected chi connectivity index (χ4v) is 1.24. The Balaban J connectivity index is 3.48. The van der Waals surface area contributed by atoms with E-state index < -0.39 is 5.97 Å². The van der Waals surface area contributed by atoms with E-state index in [1.807, 2.05) is 0 Å². The van der Waals surface area contributed by atoms with Gasteiger partial charge in [0.1, 0.15) is 17.4 Å². The van der Waals surface area contributed by atoms with Crippen LogP contribution in [0.25, 0.3) is 0 Å². The predicted molar refractivity (Wildman–Crippen MR) is 52.6 cm³/mol. The van der Waals surface area contributed by atoms with Crippen molar-refractivity contribution in [3.63, 3.8) is 0 Å². The Morgan fingerprint density at radius 1 is 1.67 bits per heavy atom. The third kappa shape index (κ3) is 2.06. The number of ether oxygens (including phenoxy) is 1. The number of rotatable bonds is 3. The number of nitrogens with two attached hydrogens (primary N) is 1. The number of hydrogen-bond acceptors (Lipinski definition) is 4. The van der Waals surface area contributed by atoms with Gasteiger partial charge in [-0.05, 0) is 17.7 Å². The fraction of sp³-hybridized carbons (Fsp3) is 0.200. The molecule has 1 aromatic rings. The standard InChI is InChI=1S/C10H10N2O3/c1-15-9-3-6(4-11)2-7(10(13)14)8(9)5-12/h2-3H,4,11H2,1H3,(H,13,14). The lowest BCUT2D eigenvalue weighted by Crippen LogP contribution is -2.06. The van der Waals surface area contributed by atoms with Crippen LogP contribution < -0.4 is 10.5 Å². The Labute approximate surface area is 86.7 Å². The molecule has 0 atom stereocenters. The van der Waals surface area contributed by atoms with Gasteiger partial charge in [0.2, 0.25) is 0 Å². The topological polar surface area (TPSA) is 96.3 Å². The molecular weight excluding hydrogens is 196 g/mol. The van der Waals surface area contributed by atoms with Crippen molar-refractivity contribution in [2.24, 2.45) is 5.73 Å². The molecule has 0 aliphatic carbocycles. The highest BCUT2D eigenvalue weighted by Crippen LogP contribution is 2.23. The minimum Gasteiger partial charge on any atom is -0.495 e. The Morgan fingerprint density at radius 2 is 2.33 bits per heavy atom. The lowest BCUT2D eigenvalue weighted by molar-refractivity contribution is 0.0696. The Morgan fingerprint density at radius 3 is 2.73 bits per heavy atom. The molecule has 0 amide bonds. The number of methoxy groups -OCH3 is 1. The van der Waals surface area contributed by atoms with E-state index in [4.69, 9.17) is 20.8 Å². The lowest BCUT2D eigenvalue weighted by atomic mass is 10.0. The van der Waals surface area contributed by atoms with Gasteiger partial charge in [-0.25, -0.2) is 4.79 Å². The number of carbonyl (C=O) groups is 1. The summed E-state index contributed by atoms with van der Waals surface area (Å²) in [4.78, 5) is 10.9. The van der Waals surface area contributed by atoms with Gasteiger partial charge in [0, 0.05) is 6.54 Å². The zero-order valence-corrected chi connectivity index (χ0v) is 8.15. The van der Waals surface area contributed by atoms with Crippen molar-refractivity contribution >= 4 is 5.97 Å². The smallest absolute Gasteiger partial charge is 0.337 e. The molecule has 1 rings (SSSR count). The molecule has 0 radical (unpaired) electrons. The zero-order valence-electron chi connectivity index (χ0n) is 8.15. The van der Waals surface area contributed by atoms with E-state index in [-0.39, 0.29) is 23.4 Å². The first-order valence-corrected chi connectivity index (χ1v) is 4.18. The van der Waals surface area contributed by atoms with Crippen molar-refractivity contribution in [3.05, 3.63) is 28.8 Å². The maximum atomic E-state index is 10.9. The Hall–Kier alpha value is -2.06. The molecule has 0 spiro atoms. The normalized spacial score (nSPS) is 9.40. The second-order valence-corrected chi connectivity index (χ2v) is 2.84. The van der Waals surface area contributed by atoms with Gasteiger partial charge in [-0.1, -0.05) is 0 Å². The quantitative estimate of drug-likeness (QED) is 0.759. The number of nitrogens with zero attached hydrogens (tertiary/aromatic N) is 1. The molecule has 0 aromatic heterocycles. The number of carboxylic acids is 1. The van der Waals surface area contributed by atoms with E-state index in [2.05, 4.69) is 0 Å². The zero-order chi connectivity index (χ0) is 11.4. The van der Waals surface area contributed by atoms with Gasteiger partial charge in [0.25, 0.3) is 0 Å². The molecule has 0 saturated heterocycles. The summed E-state index contributed by atoms with van der Waals surface area (Å²) >= 11 is 0. The molecule has 5 nitrogen and oxygen atoms in total. The predicted octanol–water partition coefficient (Wildman–Crippen LogP) is 0.724. The first-order valence-electron chi connectivity index (χ1n) is 4.18. The van der Waals surface area contributed by atoms with Crippen LogP contribution in [0, 0.1) is 11.3 Å². The van der Waals surface area contributed by atoms with Gasteiger partial charge in [0.05, 0.1) is 12.7 Å². The van der Waals surface area contributed by atoms with Crippen LogP contribution >= 0.6 is 0 Å². The van der Waals surface area contributed by atoms with Crippen molar-refractivity contribution in [3.8, 4) is 11.8 Å². The van der Waals surface area contributed by atoms with Gasteiger partial charge in [-0.3, -0.25) is 0 Å². The monoisotopic (exact) mass is 206 g/mol. The summed E-state index contributed by atoms with van der Waals surface area (Å²) < 4.78 is 4.93. The van der Waals surface area contributed by atoms with Crippen LogP contribution in [0.1, 0.15) is 21.5 Å². The largest absolute Gasteiger partial charge is 0.495 e. The van der Waals surface area contributed by atoms with Crippen LogP contribution in [0.2, 0.25) is 0 Å². The Bertz CT molecular complexity index is 435. The number of benzene rings is 1. The number of aromatic carboxylic acids is 1. The molecule has 0 saturated carbocycles. The van der Waals surface area contributed by atoms with Crippen molar-refractivity contribution < 1.29 is 14.6 Å². The number of carboxylic acid groups (broad SMARTS) is 1. The van der Waals surface area contributed by atoms with E-state index >= 15 is 0 Å². The lowest BCUT2D eigenvalue weighted by Gasteiger charge is -2.08. The highest BCUT2D eigenvalue weighted by Gasteiger charge is 2.16. The van der Waals surface area contributed by atoms with E-state index in [0.29, 0.717) is 5.56 Å². The van der Waals surface area contributed by atoms with Crippen molar-refractivity contribution in [2.45, 2.75) is 6.54 Å². The maximum Gasteiger partial charge on any atom is 0.337 e. The molecule has 0 aliphatic rings. The van der Waals surface area contributed by atoms with Gasteiger partial charge in [0.15, 0.2) is 0 Å². The summed E-state index contributed by atoms with van der Waals surface area (Å²) in [5.74, 6) is -0.932. The van der Waals surface area contributed by atoms with Crippen molar-refractivity contribution in [2.75, 3.05) is 7.11 Å². The summed E-state index contributed by atoms with van der Waals surface area (Å²) in [6, 6.07) is 4.74. The number of nitriles is 1. The van der Waals surface area contributed by atoms with Crippen LogP contribution in [0.15, 0.2) is 12.1 Å². The summed E-state index contributed by atoms with van der Waals surface area (Å²) in [5.41, 5.74) is 5.95. The second-order valence-electron chi connectivity index (χ2n) is 2.84. The third-order valence-corrected chi connectivity index (χ3v) is 1.96. The van der Waals surface area contributed by atoms with Crippen LogP contribution in [-0.2, 0) is 6.54 Å². The van der Waals surface area contributed by atoms with Crippen molar-refractivity contribution in [1.29, 1.82) is 5.26 Å². The minimum absolute atomic E-state index is 0.0159. The SMILES string of the molecule is COc1cc(CN)cc(C(=O)O)c1C#N. The summed E-state index contributed by atoms with van der Waals surface area (Å²) in [7, 11) is 1.38. The molecule has 3 N–H and O–H groups in total. The van der Waals surface area contributed by atoms with Crippen LogP contribution in [0.3, 0.4) is 0 Å². The molecule has 15 heavy (non-hydrogen) atoms. The van der Waals surface area contributed by atoms with Crippen molar-refractivity contribution in [1.82, 2.24) is 0 Å². The molecular formula is C10H10N2O3. The van der Waals surface area contributed by atoms with E-state index in [9.17, 15) is 4.79 Å². The third-order valence-electron chi connectivity index (χ3n) is 1.96. The van der Waals surface area contributed by atoms with Gasteiger partial charge in [-0.2, -0.15) is 5.26 Å². The van der Waals surface area contributed by atoms with Crippen LogP contribution in [0.5, 0.6) is 5.75 Å². The molecule has 1 aromatic carbocycles. The van der Waals surface area contributed by atoms with Crippen LogP contribution in [0.4, 0.5) is 0 Å². The Kier molecular flexibility index (Phi) is 3.26. The van der Waals surface area contributed by atoms with E-state index in [1.54, 1.807) is 12.1 Å². The van der Waals surface area contributed by atoms with E-state index in [1.165, 1.54) is 13.2 Å². The van der Waals surface area contributed by atoms with Crippen LogP contribution in [-0.4, -0.2) is 18.2 Å². The second kappa shape index (κ2) is 4.44. The summed E-state index contributed by atoms with van der Waals surface area (Å²) in [6.45, 7) is 0.197. The number of hydrogen-bond donors (Lipinski definition) is 2. The molecule has 0 bridgehead atoms. The molecule has 0 heterocycles. The minimum atomic E-state index is -1.17. The average Bonchev–Trinajstić information content (AvgIpc) is 2.26. The van der Waals surface area contributed by atoms with Gasteiger partial charge in [-0.15, -0.1) is 0 Å². The van der Waals surface area contributed by atoms with Gasteiger partial charge >= 0.3 is 5.97 Å². The molecule has 78 valence electrons. The van der Waals surface area contributed by atoms with E-state index in [0.717, 1.165) is 0 Å². The molecule has 0 unspecified atom stereocenters. The highest BCUT2D eigenvalue weighted by atomic mass is 16.5. The fourth-order valence-electron chi connectivity index (χ4n) is 1.24. The molecule has 0 fully saturated rings. The van der Waals surface area contributed by atoms with Gasteiger partial charge < -0.3 is 15.6 Å². The highest BCUT2D eigenvalue weighted by molar-refractivity contribution is 5.92. The first kappa shape index (κ1) is 11.0. The molecule has 0 aliphatic heterocycles. The summed E-state index contributed by atoms with van der Waals surface area (Å²) in [5, 5.41) is 17.7. The summed E-state index contributed by atoms with van der Waals surface area (Å²) in [6.07, 6.45) is 0. The maximum absolute atomic E-state index is 10.9. The average molecular weight is 206 g/mol.